The molecule has 0 aromatic heterocycles. The fraction of sp³-hybridized carbons (Fsp3) is 0.500. The van der Waals surface area contributed by atoms with Crippen LogP contribution in [0.4, 0.5) is 0 Å². The van der Waals surface area contributed by atoms with Gasteiger partial charge in [-0.3, -0.25) is 11.5 Å². The van der Waals surface area contributed by atoms with Gasteiger partial charge in [0.15, 0.2) is 0 Å². The molecule has 0 aromatic carbocycles. The Bertz CT molecular complexity index is 45.6. The zero-order valence-electron chi connectivity index (χ0n) is 3.10. The van der Waals surface area contributed by atoms with E-state index in [1.54, 1.807) is 0 Å². The average Bonchev–Trinajstić information content (AvgIpc) is 1.38. The van der Waals surface area contributed by atoms with Crippen molar-refractivity contribution >= 4 is 16.5 Å². The summed E-state index contributed by atoms with van der Waals surface area (Å²) in [6, 6.07) is 0. The second kappa shape index (κ2) is 2.38. The minimum absolute atomic E-state index is 0.477. The topological polar surface area (TPSA) is 52.0 Å². The lowest BCUT2D eigenvalue weighted by atomic mass is 11.3. The molecule has 0 saturated carbocycles. The van der Waals surface area contributed by atoms with E-state index in [4.69, 9.17) is 11.5 Å². The third kappa shape index (κ3) is 4.14. The van der Waals surface area contributed by atoms with Gasteiger partial charge in [-0.05, 0) is 6.26 Å². The van der Waals surface area contributed by atoms with Crippen LogP contribution in [0.5, 0.6) is 0 Å². The van der Waals surface area contributed by atoms with E-state index in [1.165, 1.54) is 0 Å². The molecule has 0 aliphatic heterocycles. The Morgan fingerprint density at radius 1 is 1.60 bits per heavy atom. The van der Waals surface area contributed by atoms with Crippen LogP contribution in [0.3, 0.4) is 0 Å². The lowest BCUT2D eigenvalue weighted by Gasteiger charge is -1.77. The summed E-state index contributed by atoms with van der Waals surface area (Å²) in [5.74, 6) is 0. The summed E-state index contributed by atoms with van der Waals surface area (Å²) in [6.07, 6.45) is 1.88. The summed E-state index contributed by atoms with van der Waals surface area (Å²) in [7, 11) is 0. The Kier molecular flexibility index (Phi) is 2.45. The molecule has 0 rings (SSSR count). The Morgan fingerprint density at radius 3 is 1.80 bits per heavy atom. The summed E-state index contributed by atoms with van der Waals surface area (Å²) < 4.78 is 0. The van der Waals surface area contributed by atoms with Crippen LogP contribution >= 0.6 is 11.4 Å². The largest absolute Gasteiger partial charge is 0.289 e. The first-order valence-electron chi connectivity index (χ1n) is 1.25. The molecular weight excluding hydrogens is 84.1 g/mol. The molecule has 0 amide bonds. The minimum Gasteiger partial charge on any atom is -0.289 e. The highest BCUT2D eigenvalue weighted by molar-refractivity contribution is 7.97. The second-order valence-electron chi connectivity index (χ2n) is 0.648. The first-order chi connectivity index (χ1) is 2.27. The molecule has 3 heteroatoms. The molecule has 0 atom stereocenters. The standard InChI is InChI=1S/C2H8N2S/c1-5-2(3)4/h5H,3-4H2,1H3. The maximum absolute atomic E-state index is 4.97. The maximum Gasteiger partial charge on any atom is 0.0743 e. The SMILES string of the molecule is C[SH]=C(N)N. The van der Waals surface area contributed by atoms with Crippen LogP contribution in [0, 0.1) is 0 Å². The van der Waals surface area contributed by atoms with Gasteiger partial charge in [0.25, 0.3) is 0 Å². The number of rotatable bonds is 0. The van der Waals surface area contributed by atoms with Gasteiger partial charge >= 0.3 is 0 Å². The fourth-order valence-corrected chi connectivity index (χ4v) is 0. The van der Waals surface area contributed by atoms with Crippen molar-refractivity contribution in [2.24, 2.45) is 11.5 Å². The smallest absolute Gasteiger partial charge is 0.0743 e. The predicted octanol–water partition coefficient (Wildman–Crippen LogP) is -0.914. The third-order valence-corrected chi connectivity index (χ3v) is 0.775. The highest BCUT2D eigenvalue weighted by Crippen LogP contribution is 1.63. The van der Waals surface area contributed by atoms with E-state index >= 15 is 0 Å². The van der Waals surface area contributed by atoms with E-state index in [0.29, 0.717) is 5.11 Å². The van der Waals surface area contributed by atoms with Gasteiger partial charge in [-0.2, -0.15) is 11.4 Å². The molecule has 0 heterocycles. The van der Waals surface area contributed by atoms with Crippen molar-refractivity contribution in [1.82, 2.24) is 0 Å². The van der Waals surface area contributed by atoms with Crippen molar-refractivity contribution in [1.29, 1.82) is 0 Å². The normalized spacial score (nSPS) is 7.80. The van der Waals surface area contributed by atoms with Gasteiger partial charge in [0, 0.05) is 0 Å². The zero-order valence-corrected chi connectivity index (χ0v) is 4.00. The van der Waals surface area contributed by atoms with Gasteiger partial charge in [-0.25, -0.2) is 0 Å². The lowest BCUT2D eigenvalue weighted by molar-refractivity contribution is 1.65. The summed E-state index contributed by atoms with van der Waals surface area (Å²) in [6.45, 7) is 0. The second-order valence-corrected chi connectivity index (χ2v) is 1.61. The fourth-order valence-electron chi connectivity index (χ4n) is 0. The highest BCUT2D eigenvalue weighted by Gasteiger charge is 1.58. The van der Waals surface area contributed by atoms with Gasteiger partial charge in [0.2, 0.25) is 0 Å². The van der Waals surface area contributed by atoms with Gasteiger partial charge in [0.1, 0.15) is 0 Å². The molecule has 0 spiro atoms. The van der Waals surface area contributed by atoms with E-state index in [-0.39, 0.29) is 0 Å². The van der Waals surface area contributed by atoms with Crippen LogP contribution in [0.15, 0.2) is 0 Å². The van der Waals surface area contributed by atoms with Crippen LogP contribution in [-0.4, -0.2) is 11.4 Å². The van der Waals surface area contributed by atoms with Gasteiger partial charge in [-0.15, -0.1) is 0 Å². The van der Waals surface area contributed by atoms with Crippen LogP contribution in [-0.2, 0) is 0 Å². The van der Waals surface area contributed by atoms with Crippen LogP contribution in [0.2, 0.25) is 0 Å². The number of thiol groups is 1. The third-order valence-electron chi connectivity index (χ3n) is 0.258. The quantitative estimate of drug-likeness (QED) is 0.267. The van der Waals surface area contributed by atoms with Crippen LogP contribution < -0.4 is 11.5 Å². The Labute approximate surface area is 35.1 Å². The molecular formula is C2H8N2S. The first-order valence-corrected chi connectivity index (χ1v) is 2.59. The number of hydrogen-bond donors (Lipinski definition) is 3. The molecule has 0 unspecified atom stereocenters. The predicted molar refractivity (Wildman–Crippen MR) is 28.3 cm³/mol. The van der Waals surface area contributed by atoms with E-state index in [0.717, 1.165) is 11.4 Å². The Balaban J connectivity index is 3.14. The van der Waals surface area contributed by atoms with Crippen LogP contribution in [0.1, 0.15) is 0 Å². The maximum atomic E-state index is 4.97. The molecule has 32 valence electrons. The van der Waals surface area contributed by atoms with E-state index in [9.17, 15) is 0 Å². The Hall–Kier alpha value is 0.140. The summed E-state index contributed by atoms with van der Waals surface area (Å²) in [4.78, 5) is 0. The molecule has 4 N–H and O–H groups in total. The monoisotopic (exact) mass is 92.0 g/mol. The van der Waals surface area contributed by atoms with Crippen LogP contribution in [0.25, 0.3) is 0 Å². The van der Waals surface area contributed by atoms with Crippen molar-refractivity contribution in [3.63, 3.8) is 0 Å². The summed E-state index contributed by atoms with van der Waals surface area (Å²) >= 11 is 0.969. The number of nitrogens with two attached hydrogens (primary N) is 2. The van der Waals surface area contributed by atoms with Crippen molar-refractivity contribution in [2.75, 3.05) is 6.26 Å². The zero-order chi connectivity index (χ0) is 4.28. The van der Waals surface area contributed by atoms with Gasteiger partial charge in [0.05, 0.1) is 5.11 Å². The molecule has 0 aliphatic carbocycles. The molecule has 5 heavy (non-hydrogen) atoms. The molecule has 0 saturated heterocycles. The van der Waals surface area contributed by atoms with E-state index in [2.05, 4.69) is 0 Å². The molecule has 2 nitrogen and oxygen atoms in total. The van der Waals surface area contributed by atoms with Crippen molar-refractivity contribution in [2.45, 2.75) is 0 Å². The molecule has 0 aromatic rings. The summed E-state index contributed by atoms with van der Waals surface area (Å²) in [5, 5.41) is 0.477. The lowest BCUT2D eigenvalue weighted by Crippen LogP contribution is -2.19. The number of hydrogen-bond acceptors (Lipinski definition) is 0. The molecule has 0 radical (unpaired) electrons. The molecule has 0 bridgehead atoms. The van der Waals surface area contributed by atoms with Crippen molar-refractivity contribution in [3.8, 4) is 0 Å². The average molecular weight is 92.2 g/mol. The molecule has 0 fully saturated rings. The highest BCUT2D eigenvalue weighted by atomic mass is 32.1. The van der Waals surface area contributed by atoms with Crippen molar-refractivity contribution < 1.29 is 0 Å². The van der Waals surface area contributed by atoms with E-state index < -0.39 is 0 Å². The van der Waals surface area contributed by atoms with Gasteiger partial charge < -0.3 is 0 Å². The first kappa shape index (κ1) is 5.14. The minimum atomic E-state index is 0.477. The van der Waals surface area contributed by atoms with E-state index in [1.807, 2.05) is 6.26 Å². The molecule has 0 aliphatic rings. The summed E-state index contributed by atoms with van der Waals surface area (Å²) in [5.41, 5.74) is 9.95. The Morgan fingerprint density at radius 2 is 1.80 bits per heavy atom. The van der Waals surface area contributed by atoms with Crippen molar-refractivity contribution in [3.05, 3.63) is 0 Å². The van der Waals surface area contributed by atoms with Gasteiger partial charge in [-0.1, -0.05) is 0 Å².